The van der Waals surface area contributed by atoms with E-state index >= 15 is 0 Å². The van der Waals surface area contributed by atoms with Gasteiger partial charge in [-0.2, -0.15) is 4.98 Å². The number of H-pyrrole nitrogens is 1. The number of anilines is 1. The molecule has 1 fully saturated rings. The van der Waals surface area contributed by atoms with Crippen LogP contribution in [-0.2, 0) is 16.0 Å². The highest BCUT2D eigenvalue weighted by molar-refractivity contribution is 6.30. The smallest absolute Gasteiger partial charge is 0.310 e. The summed E-state index contributed by atoms with van der Waals surface area (Å²) >= 11 is 6.02. The van der Waals surface area contributed by atoms with E-state index in [-0.39, 0.29) is 42.5 Å². The summed E-state index contributed by atoms with van der Waals surface area (Å²) in [6.07, 6.45) is 0.747. The molecule has 0 unspecified atom stereocenters. The van der Waals surface area contributed by atoms with E-state index < -0.39 is 29.6 Å². The third-order valence-corrected chi connectivity index (χ3v) is 8.45. The number of benzene rings is 2. The minimum absolute atomic E-state index is 0.0528. The largest absolute Gasteiger partial charge is 0.497 e. The number of carbonyl (C=O) groups is 2. The third kappa shape index (κ3) is 5.01. The van der Waals surface area contributed by atoms with Crippen LogP contribution in [0.4, 0.5) is 5.95 Å². The Hall–Kier alpha value is -4.94. The van der Waals surface area contributed by atoms with Crippen molar-refractivity contribution < 1.29 is 24.2 Å². The topological polar surface area (TPSA) is 167 Å². The molecule has 2 aromatic carbocycles. The van der Waals surface area contributed by atoms with Crippen LogP contribution < -0.4 is 16.0 Å². The lowest BCUT2D eigenvalue weighted by atomic mass is 10.0. The van der Waals surface area contributed by atoms with Gasteiger partial charge in [0.05, 0.1) is 37.5 Å². The van der Waals surface area contributed by atoms with Crippen LogP contribution in [0.15, 0.2) is 65.7 Å². The van der Waals surface area contributed by atoms with Gasteiger partial charge < -0.3 is 24.9 Å². The number of aliphatic hydroxyl groups is 1. The quantitative estimate of drug-likeness (QED) is 0.183. The number of hydrogen-bond donors (Lipinski definition) is 3. The third-order valence-electron chi connectivity index (χ3n) is 8.20. The van der Waals surface area contributed by atoms with Crippen LogP contribution in [-0.4, -0.2) is 60.9 Å². The predicted molar refractivity (Wildman–Crippen MR) is 164 cm³/mol. The van der Waals surface area contributed by atoms with Crippen LogP contribution in [0.3, 0.4) is 0 Å². The zero-order chi connectivity index (χ0) is 31.3. The number of aromatic amines is 1. The van der Waals surface area contributed by atoms with Gasteiger partial charge in [0.2, 0.25) is 5.95 Å². The summed E-state index contributed by atoms with van der Waals surface area (Å²) in [5, 5.41) is 12.1. The normalized spacial score (nSPS) is 18.3. The first kappa shape index (κ1) is 29.1. The lowest BCUT2D eigenvalue weighted by Crippen LogP contribution is -2.23. The van der Waals surface area contributed by atoms with Gasteiger partial charge in [-0.05, 0) is 66.9 Å². The molecular formula is C31H29ClN6O6. The zero-order valence-electron chi connectivity index (χ0n) is 23.9. The van der Waals surface area contributed by atoms with Crippen molar-refractivity contribution >= 4 is 51.5 Å². The number of carbonyl (C=O) groups excluding carboxylic acids is 2. The highest BCUT2D eigenvalue weighted by atomic mass is 35.5. The number of hydrogen-bond acceptors (Lipinski definition) is 9. The number of nitrogen functional groups attached to an aromatic ring is 1. The van der Waals surface area contributed by atoms with E-state index in [1.807, 2.05) is 0 Å². The Morgan fingerprint density at radius 1 is 1.23 bits per heavy atom. The molecule has 3 aromatic heterocycles. The van der Waals surface area contributed by atoms with Crippen molar-refractivity contribution in [1.29, 1.82) is 0 Å². The molecule has 12 nitrogen and oxygen atoms in total. The number of ether oxygens (including phenoxy) is 2. The van der Waals surface area contributed by atoms with Gasteiger partial charge in [0.15, 0.2) is 11.2 Å². The number of esters is 1. The number of halogens is 1. The second-order valence-electron chi connectivity index (χ2n) is 10.7. The molecule has 13 heteroatoms. The molecule has 1 aliphatic rings. The van der Waals surface area contributed by atoms with Crippen LogP contribution in [0, 0.1) is 12.8 Å². The first-order chi connectivity index (χ1) is 21.1. The van der Waals surface area contributed by atoms with E-state index in [2.05, 4.69) is 21.5 Å². The Balaban J connectivity index is 1.23. The Morgan fingerprint density at radius 3 is 2.70 bits per heavy atom. The monoisotopic (exact) mass is 616 g/mol. The summed E-state index contributed by atoms with van der Waals surface area (Å²) in [4.78, 5) is 49.8. The maximum Gasteiger partial charge on any atom is 0.310 e. The van der Waals surface area contributed by atoms with E-state index in [1.54, 1.807) is 65.6 Å². The molecule has 1 aliphatic carbocycles. The fourth-order valence-electron chi connectivity index (χ4n) is 5.89. The highest BCUT2D eigenvalue weighted by Gasteiger charge is 2.39. The van der Waals surface area contributed by atoms with Gasteiger partial charge in [-0.3, -0.25) is 23.9 Å². The molecule has 0 bridgehead atoms. The number of aromatic nitrogens is 5. The van der Waals surface area contributed by atoms with Crippen LogP contribution in [0.25, 0.3) is 22.1 Å². The molecule has 0 aliphatic heterocycles. The Bertz CT molecular complexity index is 2010. The zero-order valence-corrected chi connectivity index (χ0v) is 24.7. The Kier molecular flexibility index (Phi) is 7.48. The van der Waals surface area contributed by atoms with Crippen molar-refractivity contribution in [3.8, 4) is 5.75 Å². The first-order valence-electron chi connectivity index (χ1n) is 13.8. The Labute approximate surface area is 255 Å². The first-order valence-corrected chi connectivity index (χ1v) is 14.2. The number of aliphatic hydroxyl groups excluding tert-OH is 1. The number of rotatable bonds is 7. The van der Waals surface area contributed by atoms with Gasteiger partial charge in [-0.25, -0.2) is 4.98 Å². The average molecular weight is 617 g/mol. The van der Waals surface area contributed by atoms with Gasteiger partial charge in [0.25, 0.3) is 11.5 Å². The molecule has 3 atom stereocenters. The lowest BCUT2D eigenvalue weighted by Gasteiger charge is -2.18. The lowest BCUT2D eigenvalue weighted by molar-refractivity contribution is -0.144. The number of nitrogens with two attached hydrogens (primary N) is 1. The van der Waals surface area contributed by atoms with Crippen molar-refractivity contribution in [2.24, 2.45) is 5.92 Å². The van der Waals surface area contributed by atoms with Crippen LogP contribution in [0.1, 0.15) is 34.1 Å². The van der Waals surface area contributed by atoms with Crippen LogP contribution in [0.2, 0.25) is 5.02 Å². The summed E-state index contributed by atoms with van der Waals surface area (Å²) in [6.45, 7) is 5.83. The molecule has 4 N–H and O–H groups in total. The van der Waals surface area contributed by atoms with E-state index in [0.29, 0.717) is 44.1 Å². The van der Waals surface area contributed by atoms with Crippen molar-refractivity contribution in [1.82, 2.24) is 24.1 Å². The average Bonchev–Trinajstić information content (AvgIpc) is 3.63. The fraction of sp³-hybridized carbons (Fsp3) is 0.258. The molecule has 226 valence electrons. The number of nitrogens with one attached hydrogen (secondary N) is 1. The highest BCUT2D eigenvalue weighted by Crippen LogP contribution is 2.40. The van der Waals surface area contributed by atoms with Gasteiger partial charge in [-0.1, -0.05) is 18.2 Å². The van der Waals surface area contributed by atoms with Crippen molar-refractivity contribution in [2.75, 3.05) is 19.5 Å². The van der Waals surface area contributed by atoms with E-state index in [1.165, 1.54) is 6.33 Å². The fourth-order valence-corrected chi connectivity index (χ4v) is 6.02. The van der Waals surface area contributed by atoms with Crippen molar-refractivity contribution in [3.05, 3.63) is 93.1 Å². The Morgan fingerprint density at radius 2 is 1.98 bits per heavy atom. The second-order valence-corrected chi connectivity index (χ2v) is 11.2. The molecule has 0 radical (unpaired) electrons. The minimum Gasteiger partial charge on any atom is -0.497 e. The summed E-state index contributed by atoms with van der Waals surface area (Å²) in [5.41, 5.74) is 8.53. The summed E-state index contributed by atoms with van der Waals surface area (Å²) in [6, 6.07) is 11.5. The van der Waals surface area contributed by atoms with E-state index in [9.17, 15) is 19.5 Å². The summed E-state index contributed by atoms with van der Waals surface area (Å²) < 4.78 is 14.3. The molecule has 3 heterocycles. The minimum atomic E-state index is -0.859. The molecule has 6 rings (SSSR count). The van der Waals surface area contributed by atoms with Crippen molar-refractivity contribution in [2.45, 2.75) is 31.9 Å². The van der Waals surface area contributed by atoms with Gasteiger partial charge >= 0.3 is 5.97 Å². The molecular weight excluding hydrogens is 588 g/mol. The molecule has 0 spiro atoms. The summed E-state index contributed by atoms with van der Waals surface area (Å²) in [5.74, 6) is -0.843. The number of nitrogens with zero attached hydrogens (tertiary/aromatic N) is 4. The predicted octanol–water partition coefficient (Wildman–Crippen LogP) is 3.58. The van der Waals surface area contributed by atoms with Crippen LogP contribution in [0.5, 0.6) is 5.75 Å². The van der Waals surface area contributed by atoms with E-state index in [4.69, 9.17) is 26.8 Å². The summed E-state index contributed by atoms with van der Waals surface area (Å²) in [7, 11) is 1.54. The van der Waals surface area contributed by atoms with E-state index in [0.717, 1.165) is 0 Å². The molecule has 0 amide bonds. The number of methoxy groups -OCH3 is 1. The maximum absolute atomic E-state index is 13.6. The molecule has 5 aromatic rings. The SMILES string of the molecule is C=C1[C@H](COC(=O)Cc2c(C)n(C(=O)c3ccc(Cl)cc3)c3ccc(OC)cc23)[C@@H](O)C[C@@H]1n1cnc2c(=O)[nH]c(N)nc21. The molecule has 1 saturated carbocycles. The number of imidazole rings is 1. The standard InChI is InChI=1S/C31H29ClN6O6/c1-15-22(25(39)12-24(15)37-14-34-27-28(37)35-31(33)36-29(27)41)13-44-26(40)11-20-16(2)38(23-9-8-19(43-3)10-21(20)23)30(42)17-4-6-18(32)7-5-17/h4-10,14,22,24-25,39H,1,11-13H2,2-3H3,(H3,33,35,36,41)/t22-,24-,25-/m0/s1. The molecule has 0 saturated heterocycles. The maximum atomic E-state index is 13.6. The second kappa shape index (κ2) is 11.3. The van der Waals surface area contributed by atoms with Crippen molar-refractivity contribution in [3.63, 3.8) is 0 Å². The van der Waals surface area contributed by atoms with Gasteiger partial charge in [0.1, 0.15) is 12.4 Å². The number of fused-ring (bicyclic) bond motifs is 2. The molecule has 44 heavy (non-hydrogen) atoms. The van der Waals surface area contributed by atoms with Crippen LogP contribution >= 0.6 is 11.6 Å². The van der Waals surface area contributed by atoms with Gasteiger partial charge in [0, 0.05) is 27.6 Å². The van der Waals surface area contributed by atoms with Gasteiger partial charge in [-0.15, -0.1) is 0 Å².